The van der Waals surface area contributed by atoms with E-state index in [2.05, 4.69) is 15.5 Å². The lowest BCUT2D eigenvalue weighted by Gasteiger charge is -2.20. The number of carbonyl (C=O) groups is 6. The van der Waals surface area contributed by atoms with Crippen LogP contribution in [0.1, 0.15) is 71.8 Å². The van der Waals surface area contributed by atoms with Gasteiger partial charge < -0.3 is 14.2 Å². The normalized spacial score (nSPS) is 16.2. The van der Waals surface area contributed by atoms with Gasteiger partial charge in [0.05, 0.1) is 22.3 Å². The van der Waals surface area contributed by atoms with Crippen LogP contribution in [-0.4, -0.2) is 35.8 Å². The van der Waals surface area contributed by atoms with Crippen LogP contribution in [0.3, 0.4) is 0 Å². The first-order valence-corrected chi connectivity index (χ1v) is 12.8. The summed E-state index contributed by atoms with van der Waals surface area (Å²) in [5, 5.41) is 3.34. The molecular weight excluding hydrogens is 528 g/mol. The zero-order chi connectivity index (χ0) is 28.7. The molecule has 3 heterocycles. The van der Waals surface area contributed by atoms with Crippen LogP contribution in [0.15, 0.2) is 66.7 Å². The fourth-order valence-electron chi connectivity index (χ4n) is 5.23. The van der Waals surface area contributed by atoms with Crippen molar-refractivity contribution >= 4 is 63.4 Å². The van der Waals surface area contributed by atoms with Gasteiger partial charge in [0.15, 0.2) is 0 Å². The van der Waals surface area contributed by atoms with Crippen molar-refractivity contribution in [2.45, 2.75) is 25.7 Å². The van der Waals surface area contributed by atoms with Gasteiger partial charge >= 0.3 is 35.8 Å². The summed E-state index contributed by atoms with van der Waals surface area (Å²) < 4.78 is 13.6. The molecule has 4 aromatic carbocycles. The fraction of sp³-hybridized carbons (Fsp3) is 0.125. The smallest absolute Gasteiger partial charge is 0.346 e. The lowest BCUT2D eigenvalue weighted by Crippen LogP contribution is -2.20. The number of benzene rings is 4. The fourth-order valence-corrected chi connectivity index (χ4v) is 5.23. The highest BCUT2D eigenvalue weighted by molar-refractivity contribution is 6.23. The van der Waals surface area contributed by atoms with Gasteiger partial charge in [-0.2, -0.15) is 0 Å². The Bertz CT molecular complexity index is 1800. The molecule has 3 aliphatic heterocycles. The molecule has 202 valence electrons. The Kier molecular flexibility index (Phi) is 6.47. The summed E-state index contributed by atoms with van der Waals surface area (Å²) in [6.07, 6.45) is 6.38. The molecule has 0 spiro atoms. The topological polar surface area (TPSA) is 130 Å². The summed E-state index contributed by atoms with van der Waals surface area (Å²) in [6, 6.07) is 17.9. The van der Waals surface area contributed by atoms with E-state index in [4.69, 9.17) is 4.74 Å². The van der Waals surface area contributed by atoms with Gasteiger partial charge in [0.25, 0.3) is 0 Å². The molecule has 0 aromatic heterocycles. The summed E-state index contributed by atoms with van der Waals surface area (Å²) in [6.45, 7) is 0. The third-order valence-electron chi connectivity index (χ3n) is 7.06. The van der Waals surface area contributed by atoms with E-state index < -0.39 is 23.9 Å². The minimum Gasteiger partial charge on any atom is -0.393 e. The monoisotopic (exact) mass is 548 g/mol. The number of carbonyl (C=O) groups excluding carboxylic acids is 6. The predicted octanol–water partition coefficient (Wildman–Crippen LogP) is 5.11. The Morgan fingerprint density at radius 2 is 1.05 bits per heavy atom. The number of esters is 6. The standard InChI is InChI=1S/C15H8O3.C12H6O3.C5H6O3/c16-14-10-6-4-8-2-1-3-9-5-7-11(15(17)18-14)13(10)12(8)9;13-11-8-5-1-3-7-4-2-6-9(10(7)8)12(14)15-11;6-4-2-1-3-5(7)8-4/h1-2,4-7H,3H2;1-6H;1-3H2. The second-order valence-electron chi connectivity index (χ2n) is 9.59. The average molecular weight is 549 g/mol. The van der Waals surface area contributed by atoms with E-state index >= 15 is 0 Å². The van der Waals surface area contributed by atoms with E-state index in [0.717, 1.165) is 33.7 Å². The Morgan fingerprint density at radius 1 is 0.512 bits per heavy atom. The molecule has 0 bridgehead atoms. The van der Waals surface area contributed by atoms with Crippen LogP contribution >= 0.6 is 0 Å². The van der Waals surface area contributed by atoms with Crippen LogP contribution in [0.5, 0.6) is 0 Å². The number of cyclic esters (lactones) is 6. The van der Waals surface area contributed by atoms with Gasteiger partial charge in [-0.25, -0.2) is 19.2 Å². The maximum absolute atomic E-state index is 11.8. The quantitative estimate of drug-likeness (QED) is 0.167. The van der Waals surface area contributed by atoms with Gasteiger partial charge in [-0.15, -0.1) is 0 Å². The molecule has 9 nitrogen and oxygen atoms in total. The van der Waals surface area contributed by atoms with Crippen molar-refractivity contribution in [3.8, 4) is 0 Å². The largest absolute Gasteiger partial charge is 0.393 e. The maximum atomic E-state index is 11.8. The summed E-state index contributed by atoms with van der Waals surface area (Å²) >= 11 is 0. The second kappa shape index (κ2) is 10.3. The predicted molar refractivity (Wildman–Crippen MR) is 145 cm³/mol. The highest BCUT2D eigenvalue weighted by Crippen LogP contribution is 2.36. The number of allylic oxidation sites excluding steroid dienone is 1. The molecule has 1 fully saturated rings. The van der Waals surface area contributed by atoms with Crippen molar-refractivity contribution in [2.24, 2.45) is 0 Å². The Balaban J connectivity index is 0.000000119. The molecule has 1 aliphatic carbocycles. The first-order valence-electron chi connectivity index (χ1n) is 12.8. The minimum atomic E-state index is -0.565. The average Bonchev–Trinajstić information content (AvgIpc) is 2.96. The zero-order valence-electron chi connectivity index (χ0n) is 21.4. The Morgan fingerprint density at radius 3 is 1.59 bits per heavy atom. The van der Waals surface area contributed by atoms with Gasteiger partial charge in [0, 0.05) is 23.6 Å². The molecule has 9 heteroatoms. The molecule has 0 saturated carbocycles. The lowest BCUT2D eigenvalue weighted by molar-refractivity contribution is -0.163. The highest BCUT2D eigenvalue weighted by atomic mass is 16.6. The van der Waals surface area contributed by atoms with Gasteiger partial charge in [0.1, 0.15) is 0 Å². The van der Waals surface area contributed by atoms with E-state index in [-0.39, 0.29) is 11.9 Å². The van der Waals surface area contributed by atoms with Crippen molar-refractivity contribution in [3.05, 3.63) is 100 Å². The van der Waals surface area contributed by atoms with E-state index in [1.54, 1.807) is 36.4 Å². The van der Waals surface area contributed by atoms with Crippen LogP contribution < -0.4 is 0 Å². The SMILES string of the molecule is O=C1CCCC(=O)O1.O=C1OC(=O)c2ccc3c4c(ccc1c24)C=CC3.O=C1OC(=O)c2cccc3cccc1c23. The summed E-state index contributed by atoms with van der Waals surface area (Å²) in [5.41, 5.74) is 4.10. The molecule has 0 N–H and O–H groups in total. The third kappa shape index (κ3) is 4.67. The molecule has 0 unspecified atom stereocenters. The lowest BCUT2D eigenvalue weighted by atomic mass is 9.87. The molecule has 4 aromatic rings. The number of hydrogen-bond acceptors (Lipinski definition) is 9. The van der Waals surface area contributed by atoms with Crippen LogP contribution in [0.4, 0.5) is 0 Å². The van der Waals surface area contributed by atoms with Gasteiger partial charge in [-0.3, -0.25) is 9.59 Å². The van der Waals surface area contributed by atoms with E-state index in [0.29, 0.717) is 46.9 Å². The van der Waals surface area contributed by atoms with Crippen molar-refractivity contribution in [2.75, 3.05) is 0 Å². The van der Waals surface area contributed by atoms with Crippen LogP contribution in [0, 0.1) is 0 Å². The first kappa shape index (κ1) is 25.8. The van der Waals surface area contributed by atoms with Gasteiger partial charge in [-0.05, 0) is 59.0 Å². The van der Waals surface area contributed by atoms with Gasteiger partial charge in [0.2, 0.25) is 0 Å². The molecule has 8 rings (SSSR count). The highest BCUT2D eigenvalue weighted by Gasteiger charge is 2.29. The van der Waals surface area contributed by atoms with E-state index in [1.807, 2.05) is 30.3 Å². The zero-order valence-corrected chi connectivity index (χ0v) is 21.4. The Hall–Kier alpha value is -5.44. The van der Waals surface area contributed by atoms with E-state index in [9.17, 15) is 28.8 Å². The summed E-state index contributed by atoms with van der Waals surface area (Å²) in [4.78, 5) is 66.8. The molecule has 0 radical (unpaired) electrons. The number of ether oxygens (including phenoxy) is 3. The molecule has 4 aliphatic rings. The third-order valence-corrected chi connectivity index (χ3v) is 7.06. The van der Waals surface area contributed by atoms with Crippen molar-refractivity contribution in [3.63, 3.8) is 0 Å². The maximum Gasteiger partial charge on any atom is 0.346 e. The molecule has 1 saturated heterocycles. The van der Waals surface area contributed by atoms with Crippen LogP contribution in [0.25, 0.3) is 27.6 Å². The molecule has 0 atom stereocenters. The number of hydrogen-bond donors (Lipinski definition) is 0. The van der Waals surface area contributed by atoms with Gasteiger partial charge in [-0.1, -0.05) is 48.6 Å². The molecular formula is C32H20O9. The second-order valence-corrected chi connectivity index (χ2v) is 9.59. The summed E-state index contributed by atoms with van der Waals surface area (Å²) in [5.74, 6) is -3.01. The number of rotatable bonds is 0. The van der Waals surface area contributed by atoms with Crippen molar-refractivity contribution < 1.29 is 43.0 Å². The minimum absolute atomic E-state index is 0.388. The Labute approximate surface area is 232 Å². The van der Waals surface area contributed by atoms with Crippen molar-refractivity contribution in [1.29, 1.82) is 0 Å². The summed E-state index contributed by atoms with van der Waals surface area (Å²) in [7, 11) is 0. The van der Waals surface area contributed by atoms with E-state index in [1.165, 1.54) is 0 Å². The van der Waals surface area contributed by atoms with Crippen LogP contribution in [-0.2, 0) is 30.2 Å². The molecule has 41 heavy (non-hydrogen) atoms. The molecule has 0 amide bonds. The van der Waals surface area contributed by atoms with Crippen molar-refractivity contribution in [1.82, 2.24) is 0 Å². The first-order chi connectivity index (χ1) is 19.8. The van der Waals surface area contributed by atoms with Crippen LogP contribution in [0.2, 0.25) is 0 Å².